The van der Waals surface area contributed by atoms with Gasteiger partial charge in [-0.25, -0.2) is 17.8 Å². The molecule has 0 spiro atoms. The van der Waals surface area contributed by atoms with Crippen molar-refractivity contribution >= 4 is 15.9 Å². The lowest BCUT2D eigenvalue weighted by atomic mass is 10.1. The van der Waals surface area contributed by atoms with Crippen molar-refractivity contribution in [2.45, 2.75) is 25.7 Å². The van der Waals surface area contributed by atoms with Gasteiger partial charge in [0.05, 0.1) is 4.90 Å². The van der Waals surface area contributed by atoms with Gasteiger partial charge in [0, 0.05) is 18.0 Å². The zero-order chi connectivity index (χ0) is 19.1. The highest BCUT2D eigenvalue weighted by molar-refractivity contribution is 7.90. The normalized spacial score (nSPS) is 11.5. The summed E-state index contributed by atoms with van der Waals surface area (Å²) in [7, 11) is -4.08. The number of hydrogen-bond donors (Lipinski definition) is 0. The lowest BCUT2D eigenvalue weighted by Crippen LogP contribution is -2.32. The predicted molar refractivity (Wildman–Crippen MR) is 98.1 cm³/mol. The molecule has 0 saturated carbocycles. The van der Waals surface area contributed by atoms with Crippen LogP contribution in [0.4, 0.5) is 0 Å². The minimum Gasteiger partial charge on any atom is -0.268 e. The van der Waals surface area contributed by atoms with Gasteiger partial charge in [-0.2, -0.15) is 3.97 Å². The predicted octanol–water partition coefficient (Wildman–Crippen LogP) is 2.50. The fourth-order valence-corrected chi connectivity index (χ4v) is 3.90. The number of benzene rings is 2. The second-order valence-corrected chi connectivity index (χ2v) is 7.99. The Kier molecular flexibility index (Phi) is 4.41. The third kappa shape index (κ3) is 3.01. The van der Waals surface area contributed by atoms with Crippen molar-refractivity contribution < 1.29 is 13.2 Å². The molecule has 1 aromatic heterocycles. The maximum absolute atomic E-state index is 12.8. The molecule has 0 fully saturated rings. The smallest absolute Gasteiger partial charge is 0.268 e. The highest BCUT2D eigenvalue weighted by Gasteiger charge is 2.23. The Morgan fingerprint density at radius 3 is 2.31 bits per heavy atom. The van der Waals surface area contributed by atoms with Crippen LogP contribution in [0.25, 0.3) is 0 Å². The number of aromatic nitrogens is 2. The molecule has 0 bridgehead atoms. The first-order valence-electron chi connectivity index (χ1n) is 7.96. The number of carbonyl (C=O) groups excluding carboxylic acids is 1. The van der Waals surface area contributed by atoms with E-state index < -0.39 is 21.6 Å². The molecular formula is C19H18N2O4S. The molecule has 0 aliphatic carbocycles. The lowest BCUT2D eigenvalue weighted by Gasteiger charge is -2.07. The Bertz CT molecular complexity index is 1170. The molecule has 0 aliphatic rings. The molecule has 6 nitrogen and oxygen atoms in total. The van der Waals surface area contributed by atoms with Gasteiger partial charge in [-0.1, -0.05) is 23.8 Å². The monoisotopic (exact) mass is 370 g/mol. The topological polar surface area (TPSA) is 78.1 Å². The van der Waals surface area contributed by atoms with Crippen LogP contribution in [-0.4, -0.2) is 22.9 Å². The van der Waals surface area contributed by atoms with Gasteiger partial charge in [-0.05, 0) is 56.2 Å². The molecular weight excluding hydrogens is 352 g/mol. The number of aryl methyl sites for hydroxylation is 3. The molecule has 134 valence electrons. The van der Waals surface area contributed by atoms with Crippen LogP contribution in [0.2, 0.25) is 0 Å². The largest absolute Gasteiger partial charge is 0.349 e. The molecule has 0 N–H and O–H groups in total. The van der Waals surface area contributed by atoms with Gasteiger partial charge < -0.3 is 0 Å². The van der Waals surface area contributed by atoms with Crippen LogP contribution in [0.5, 0.6) is 0 Å². The third-order valence-electron chi connectivity index (χ3n) is 4.26. The van der Waals surface area contributed by atoms with E-state index in [0.29, 0.717) is 9.54 Å². The minimum absolute atomic E-state index is 0.00320. The highest BCUT2D eigenvalue weighted by atomic mass is 32.2. The number of rotatable bonds is 3. The molecule has 0 aliphatic heterocycles. The highest BCUT2D eigenvalue weighted by Crippen LogP contribution is 2.17. The van der Waals surface area contributed by atoms with Gasteiger partial charge in [0.1, 0.15) is 0 Å². The Balaban J connectivity index is 2.07. The Morgan fingerprint density at radius 1 is 0.923 bits per heavy atom. The number of hydrogen-bond acceptors (Lipinski definition) is 4. The van der Waals surface area contributed by atoms with E-state index in [9.17, 15) is 18.0 Å². The summed E-state index contributed by atoms with van der Waals surface area (Å²) in [6.07, 6.45) is 2.27. The van der Waals surface area contributed by atoms with E-state index in [0.717, 1.165) is 27.5 Å². The average molecular weight is 370 g/mol. The van der Waals surface area contributed by atoms with Gasteiger partial charge in [0.2, 0.25) is 0 Å². The summed E-state index contributed by atoms with van der Waals surface area (Å²) in [6, 6.07) is 11.4. The zero-order valence-corrected chi connectivity index (χ0v) is 15.4. The molecule has 0 radical (unpaired) electrons. The van der Waals surface area contributed by atoms with Gasteiger partial charge in [0.15, 0.2) is 0 Å². The quantitative estimate of drug-likeness (QED) is 0.710. The van der Waals surface area contributed by atoms with E-state index in [1.165, 1.54) is 18.3 Å². The Labute approximate surface area is 151 Å². The van der Waals surface area contributed by atoms with Gasteiger partial charge in [-0.3, -0.25) is 4.79 Å². The summed E-state index contributed by atoms with van der Waals surface area (Å²) in [4.78, 5) is 25.1. The summed E-state index contributed by atoms with van der Waals surface area (Å²) in [5, 5.41) is 0. The second kappa shape index (κ2) is 6.42. The Morgan fingerprint density at radius 2 is 1.65 bits per heavy atom. The molecule has 3 rings (SSSR count). The summed E-state index contributed by atoms with van der Waals surface area (Å²) in [5.74, 6) is -0.576. The van der Waals surface area contributed by atoms with E-state index in [-0.39, 0.29) is 4.90 Å². The van der Waals surface area contributed by atoms with Crippen molar-refractivity contribution in [2.24, 2.45) is 0 Å². The number of carbonyl (C=O) groups is 1. The van der Waals surface area contributed by atoms with Crippen molar-refractivity contribution in [1.29, 1.82) is 0 Å². The van der Waals surface area contributed by atoms with Crippen molar-refractivity contribution in [3.8, 4) is 0 Å². The minimum atomic E-state index is -4.08. The molecule has 0 atom stereocenters. The number of imidazole rings is 1. The fraction of sp³-hybridized carbons (Fsp3) is 0.158. The van der Waals surface area contributed by atoms with Crippen LogP contribution in [0.1, 0.15) is 27.0 Å². The maximum Gasteiger partial charge on any atom is 0.349 e. The maximum atomic E-state index is 12.8. The first-order valence-corrected chi connectivity index (χ1v) is 9.40. The van der Waals surface area contributed by atoms with Crippen molar-refractivity contribution in [2.75, 3.05) is 0 Å². The van der Waals surface area contributed by atoms with Crippen LogP contribution < -0.4 is 5.69 Å². The summed E-state index contributed by atoms with van der Waals surface area (Å²) in [5.41, 5.74) is 2.01. The van der Waals surface area contributed by atoms with E-state index >= 15 is 0 Å². The van der Waals surface area contributed by atoms with Gasteiger partial charge in [-0.15, -0.1) is 0 Å². The van der Waals surface area contributed by atoms with Gasteiger partial charge in [0.25, 0.3) is 15.9 Å². The molecule has 2 aromatic carbocycles. The third-order valence-corrected chi connectivity index (χ3v) is 5.91. The fourth-order valence-electron chi connectivity index (χ4n) is 2.60. The summed E-state index contributed by atoms with van der Waals surface area (Å²) in [6.45, 7) is 5.49. The molecule has 0 amide bonds. The van der Waals surface area contributed by atoms with Crippen LogP contribution in [0, 0.1) is 20.8 Å². The molecule has 26 heavy (non-hydrogen) atoms. The molecule has 3 aromatic rings. The van der Waals surface area contributed by atoms with Crippen molar-refractivity contribution in [3.05, 3.63) is 87.6 Å². The lowest BCUT2D eigenvalue weighted by molar-refractivity contribution is 0.0956. The van der Waals surface area contributed by atoms with Crippen LogP contribution in [0.3, 0.4) is 0 Å². The Hall–Kier alpha value is -2.93. The van der Waals surface area contributed by atoms with E-state index in [4.69, 9.17) is 0 Å². The first-order chi connectivity index (χ1) is 12.2. The van der Waals surface area contributed by atoms with E-state index in [1.54, 1.807) is 31.2 Å². The zero-order valence-electron chi connectivity index (χ0n) is 14.6. The van der Waals surface area contributed by atoms with Crippen molar-refractivity contribution in [1.82, 2.24) is 8.54 Å². The average Bonchev–Trinajstić information content (AvgIpc) is 2.98. The molecule has 0 saturated heterocycles. The molecule has 1 heterocycles. The van der Waals surface area contributed by atoms with Crippen LogP contribution in [0.15, 0.2) is 64.5 Å². The SMILES string of the molecule is Cc1cccc(C(=O)n2ccn(S(=O)(=O)c3ccc(C)c(C)c3)c2=O)c1. The van der Waals surface area contributed by atoms with E-state index in [1.807, 2.05) is 19.9 Å². The second-order valence-electron chi connectivity index (χ2n) is 6.17. The number of nitrogens with zero attached hydrogens (tertiary/aromatic N) is 2. The van der Waals surface area contributed by atoms with Crippen molar-refractivity contribution in [3.63, 3.8) is 0 Å². The van der Waals surface area contributed by atoms with E-state index in [2.05, 4.69) is 0 Å². The summed E-state index contributed by atoms with van der Waals surface area (Å²) < 4.78 is 27.0. The van der Waals surface area contributed by atoms with Crippen LogP contribution in [-0.2, 0) is 10.0 Å². The summed E-state index contributed by atoms with van der Waals surface area (Å²) >= 11 is 0. The molecule has 7 heteroatoms. The standard InChI is InChI=1S/C19H18N2O4S/c1-13-5-4-6-16(11-13)18(22)20-9-10-21(19(20)23)26(24,25)17-8-7-14(2)15(3)12-17/h4-12H,1-3H3. The molecule has 0 unspecified atom stereocenters. The first kappa shape index (κ1) is 17.9. The van der Waals surface area contributed by atoms with Crippen LogP contribution >= 0.6 is 0 Å². The van der Waals surface area contributed by atoms with Gasteiger partial charge >= 0.3 is 5.69 Å².